The number of esters is 1. The summed E-state index contributed by atoms with van der Waals surface area (Å²) in [5.41, 5.74) is 2.04. The molecule has 0 spiro atoms. The fourth-order valence-electron chi connectivity index (χ4n) is 2.98. The van der Waals surface area contributed by atoms with Crippen molar-refractivity contribution < 1.29 is 28.6 Å². The maximum absolute atomic E-state index is 12.9. The Labute approximate surface area is 199 Å². The van der Waals surface area contributed by atoms with E-state index in [1.807, 2.05) is 0 Å². The number of carbonyl (C=O) groups excluding carboxylic acids is 3. The predicted octanol–water partition coefficient (Wildman–Crippen LogP) is 4.72. The van der Waals surface area contributed by atoms with E-state index in [1.165, 1.54) is 33.5 Å². The molecule has 0 aliphatic heterocycles. The van der Waals surface area contributed by atoms with E-state index < -0.39 is 17.5 Å². The standard InChI is InChI=1S/C26H19BrO6/c1-31-22-11-10-19(15-23(22)32-2)24(28)25(29)20-12-17(13-21(27)14-20)5-4-16-6-8-18(9-7-16)26(30)33-3/h6-15H,1-3H3. The zero-order chi connectivity index (χ0) is 24.0. The lowest BCUT2D eigenvalue weighted by Gasteiger charge is -2.09. The van der Waals surface area contributed by atoms with Gasteiger partial charge in [0.2, 0.25) is 11.6 Å². The SMILES string of the molecule is COC(=O)c1ccc(C#Cc2cc(Br)cc(C(=O)C(=O)c3ccc(OC)c(OC)c3)c2)cc1. The number of ether oxygens (including phenoxy) is 3. The monoisotopic (exact) mass is 506 g/mol. The molecule has 33 heavy (non-hydrogen) atoms. The van der Waals surface area contributed by atoms with Crippen LogP contribution in [0, 0.1) is 11.8 Å². The van der Waals surface area contributed by atoms with Gasteiger partial charge in [-0.25, -0.2) is 4.79 Å². The molecule has 7 heteroatoms. The smallest absolute Gasteiger partial charge is 0.337 e. The summed E-state index contributed by atoms with van der Waals surface area (Å²) in [6, 6.07) is 16.1. The number of ketones is 2. The molecular weight excluding hydrogens is 488 g/mol. The molecular formula is C26H19BrO6. The Morgan fingerprint density at radius 2 is 1.27 bits per heavy atom. The molecule has 6 nitrogen and oxygen atoms in total. The summed E-state index contributed by atoms with van der Waals surface area (Å²) in [7, 11) is 4.26. The summed E-state index contributed by atoms with van der Waals surface area (Å²) < 4.78 is 15.7. The van der Waals surface area contributed by atoms with Crippen LogP contribution in [0.3, 0.4) is 0 Å². The predicted molar refractivity (Wildman–Crippen MR) is 126 cm³/mol. The highest BCUT2D eigenvalue weighted by atomic mass is 79.9. The van der Waals surface area contributed by atoms with Crippen molar-refractivity contribution in [3.63, 3.8) is 0 Å². The van der Waals surface area contributed by atoms with E-state index in [4.69, 9.17) is 9.47 Å². The molecule has 0 saturated heterocycles. The highest BCUT2D eigenvalue weighted by Crippen LogP contribution is 2.28. The topological polar surface area (TPSA) is 78.9 Å². The Morgan fingerprint density at radius 3 is 1.91 bits per heavy atom. The lowest BCUT2D eigenvalue weighted by atomic mass is 9.99. The fraction of sp³-hybridized carbons (Fsp3) is 0.115. The van der Waals surface area contributed by atoms with E-state index in [1.54, 1.807) is 48.5 Å². The Hall–Kier alpha value is -3.89. The van der Waals surface area contributed by atoms with Crippen molar-refractivity contribution in [3.05, 3.63) is 93.0 Å². The first kappa shape index (κ1) is 23.8. The minimum Gasteiger partial charge on any atom is -0.493 e. The molecule has 0 unspecified atom stereocenters. The van der Waals surface area contributed by atoms with E-state index in [-0.39, 0.29) is 11.1 Å². The quantitative estimate of drug-likeness (QED) is 0.208. The third-order valence-electron chi connectivity index (χ3n) is 4.67. The van der Waals surface area contributed by atoms with Crippen LogP contribution >= 0.6 is 15.9 Å². The molecule has 0 amide bonds. The molecule has 0 N–H and O–H groups in total. The molecule has 0 heterocycles. The van der Waals surface area contributed by atoms with Crippen LogP contribution in [0.25, 0.3) is 0 Å². The average molecular weight is 507 g/mol. The van der Waals surface area contributed by atoms with Crippen LogP contribution in [0.5, 0.6) is 11.5 Å². The number of hydrogen-bond donors (Lipinski definition) is 0. The second-order valence-electron chi connectivity index (χ2n) is 6.78. The summed E-state index contributed by atoms with van der Waals surface area (Å²) in [5.74, 6) is 5.00. The third kappa shape index (κ3) is 5.68. The fourth-order valence-corrected chi connectivity index (χ4v) is 3.48. The van der Waals surface area contributed by atoms with Crippen LogP contribution in [-0.4, -0.2) is 38.9 Å². The van der Waals surface area contributed by atoms with E-state index in [2.05, 4.69) is 32.5 Å². The lowest BCUT2D eigenvalue weighted by Crippen LogP contribution is -2.15. The van der Waals surface area contributed by atoms with Crippen molar-refractivity contribution in [1.82, 2.24) is 0 Å². The summed E-state index contributed by atoms with van der Waals surface area (Å²) in [6.07, 6.45) is 0. The zero-order valence-corrected chi connectivity index (χ0v) is 19.7. The largest absolute Gasteiger partial charge is 0.493 e. The number of carbonyl (C=O) groups is 3. The Morgan fingerprint density at radius 1 is 0.667 bits per heavy atom. The molecule has 0 saturated carbocycles. The molecule has 3 aromatic carbocycles. The number of methoxy groups -OCH3 is 3. The maximum atomic E-state index is 12.9. The van der Waals surface area contributed by atoms with Crippen LogP contribution in [0.1, 0.15) is 42.2 Å². The minimum absolute atomic E-state index is 0.191. The van der Waals surface area contributed by atoms with Crippen LogP contribution in [0.4, 0.5) is 0 Å². The second-order valence-corrected chi connectivity index (χ2v) is 7.69. The van der Waals surface area contributed by atoms with Crippen molar-refractivity contribution in [1.29, 1.82) is 0 Å². The van der Waals surface area contributed by atoms with Gasteiger partial charge in [0.25, 0.3) is 0 Å². The number of hydrogen-bond acceptors (Lipinski definition) is 6. The van der Waals surface area contributed by atoms with E-state index in [0.717, 1.165) is 0 Å². The number of halogens is 1. The van der Waals surface area contributed by atoms with Gasteiger partial charge in [0, 0.05) is 26.7 Å². The molecule has 0 atom stereocenters. The first-order valence-corrected chi connectivity index (χ1v) is 10.5. The van der Waals surface area contributed by atoms with Gasteiger partial charge in [-0.2, -0.15) is 0 Å². The lowest BCUT2D eigenvalue weighted by molar-refractivity contribution is 0.0600. The van der Waals surface area contributed by atoms with Gasteiger partial charge in [-0.3, -0.25) is 9.59 Å². The van der Waals surface area contributed by atoms with E-state index in [0.29, 0.717) is 32.7 Å². The Balaban J connectivity index is 1.86. The van der Waals surface area contributed by atoms with Gasteiger partial charge in [-0.05, 0) is 60.7 Å². The molecule has 0 aliphatic carbocycles. The molecule has 166 valence electrons. The number of benzene rings is 3. The highest BCUT2D eigenvalue weighted by molar-refractivity contribution is 9.10. The van der Waals surface area contributed by atoms with Crippen LogP contribution in [-0.2, 0) is 4.74 Å². The van der Waals surface area contributed by atoms with Gasteiger partial charge in [0.05, 0.1) is 26.9 Å². The first-order chi connectivity index (χ1) is 15.9. The molecule has 0 fully saturated rings. The van der Waals surface area contributed by atoms with Crippen LogP contribution in [0.2, 0.25) is 0 Å². The van der Waals surface area contributed by atoms with Gasteiger partial charge in [-0.1, -0.05) is 27.8 Å². The molecule has 0 radical (unpaired) electrons. The zero-order valence-electron chi connectivity index (χ0n) is 18.1. The van der Waals surface area contributed by atoms with Crippen LogP contribution < -0.4 is 9.47 Å². The summed E-state index contributed by atoms with van der Waals surface area (Å²) in [4.78, 5) is 37.2. The third-order valence-corrected chi connectivity index (χ3v) is 5.13. The molecule has 0 bridgehead atoms. The summed E-state index contributed by atoms with van der Waals surface area (Å²) >= 11 is 3.37. The average Bonchev–Trinajstić information content (AvgIpc) is 2.85. The number of Topliss-reactive ketones (excluding diaryl/α,β-unsaturated/α-hetero) is 2. The Kier molecular flexibility index (Phi) is 7.65. The van der Waals surface area contributed by atoms with Crippen molar-refractivity contribution in [2.45, 2.75) is 0 Å². The van der Waals surface area contributed by atoms with Gasteiger partial charge >= 0.3 is 5.97 Å². The molecule has 3 rings (SSSR count). The van der Waals surface area contributed by atoms with Gasteiger partial charge in [0.15, 0.2) is 11.5 Å². The second kappa shape index (κ2) is 10.6. The van der Waals surface area contributed by atoms with Gasteiger partial charge in [-0.15, -0.1) is 0 Å². The maximum Gasteiger partial charge on any atom is 0.337 e. The van der Waals surface area contributed by atoms with Crippen molar-refractivity contribution >= 4 is 33.5 Å². The summed E-state index contributed by atoms with van der Waals surface area (Å²) in [6.45, 7) is 0. The minimum atomic E-state index is -0.675. The normalized spacial score (nSPS) is 9.94. The van der Waals surface area contributed by atoms with Crippen molar-refractivity contribution in [2.24, 2.45) is 0 Å². The first-order valence-electron chi connectivity index (χ1n) is 9.68. The highest BCUT2D eigenvalue weighted by Gasteiger charge is 2.21. The van der Waals surface area contributed by atoms with E-state index in [9.17, 15) is 14.4 Å². The Bertz CT molecular complexity index is 1280. The molecule has 0 aromatic heterocycles. The molecule has 3 aromatic rings. The molecule has 0 aliphatic rings. The van der Waals surface area contributed by atoms with Gasteiger partial charge in [0.1, 0.15) is 0 Å². The van der Waals surface area contributed by atoms with Crippen molar-refractivity contribution in [2.75, 3.05) is 21.3 Å². The van der Waals surface area contributed by atoms with Crippen LogP contribution in [0.15, 0.2) is 65.1 Å². The van der Waals surface area contributed by atoms with Crippen molar-refractivity contribution in [3.8, 4) is 23.3 Å². The van der Waals surface area contributed by atoms with E-state index >= 15 is 0 Å². The number of rotatable bonds is 6. The van der Waals surface area contributed by atoms with Gasteiger partial charge < -0.3 is 14.2 Å². The summed E-state index contributed by atoms with van der Waals surface area (Å²) in [5, 5.41) is 0.